The zero-order valence-electron chi connectivity index (χ0n) is 11.7. The molecular weight excluding hydrogens is 266 g/mol. The highest BCUT2D eigenvalue weighted by Gasteiger charge is 2.17. The molecule has 0 unspecified atom stereocenters. The Kier molecular flexibility index (Phi) is 2.95. The Hall–Kier alpha value is -2.23. The standard InChI is InChI=1S/C17H17NO3/c19-17-13-10-15(18-11-6-2-1-3-7-11)21-16(13)12-8-4-5-9-14(12)20-17/h4-5,8-11,18H,1-3,6-7H2. The van der Waals surface area contributed by atoms with Gasteiger partial charge in [-0.05, 0) is 25.0 Å². The quantitative estimate of drug-likeness (QED) is 0.713. The average Bonchev–Trinajstić information content (AvgIpc) is 2.93. The fourth-order valence-corrected chi connectivity index (χ4v) is 3.16. The third-order valence-corrected chi connectivity index (χ3v) is 4.24. The summed E-state index contributed by atoms with van der Waals surface area (Å²) in [6, 6.07) is 9.67. The van der Waals surface area contributed by atoms with Crippen LogP contribution in [0, 0.1) is 0 Å². The number of nitrogens with one attached hydrogen (secondary N) is 1. The van der Waals surface area contributed by atoms with E-state index in [1.54, 1.807) is 12.1 Å². The minimum atomic E-state index is -0.343. The van der Waals surface area contributed by atoms with Crippen LogP contribution in [-0.2, 0) is 0 Å². The topological polar surface area (TPSA) is 55.4 Å². The lowest BCUT2D eigenvalue weighted by Crippen LogP contribution is -2.21. The van der Waals surface area contributed by atoms with Crippen molar-refractivity contribution in [3.8, 4) is 0 Å². The summed E-state index contributed by atoms with van der Waals surface area (Å²) in [7, 11) is 0. The number of rotatable bonds is 2. The van der Waals surface area contributed by atoms with Gasteiger partial charge in [0, 0.05) is 12.1 Å². The first kappa shape index (κ1) is 12.5. The molecule has 0 radical (unpaired) electrons. The van der Waals surface area contributed by atoms with Crippen LogP contribution >= 0.6 is 0 Å². The van der Waals surface area contributed by atoms with Crippen LogP contribution in [0.1, 0.15) is 32.1 Å². The van der Waals surface area contributed by atoms with Crippen LogP contribution in [0.5, 0.6) is 0 Å². The third kappa shape index (κ3) is 2.20. The zero-order chi connectivity index (χ0) is 14.2. The molecule has 0 saturated heterocycles. The molecule has 3 aromatic rings. The Morgan fingerprint density at radius 3 is 2.67 bits per heavy atom. The van der Waals surface area contributed by atoms with Crippen LogP contribution in [0.15, 0.2) is 44.0 Å². The summed E-state index contributed by atoms with van der Waals surface area (Å²) < 4.78 is 11.2. The van der Waals surface area contributed by atoms with E-state index in [4.69, 9.17) is 8.83 Å². The number of benzene rings is 1. The Bertz CT molecular complexity index is 840. The molecule has 1 fully saturated rings. The second-order valence-corrected chi connectivity index (χ2v) is 5.72. The predicted octanol–water partition coefficient (Wildman–Crippen LogP) is 4.28. The molecule has 1 N–H and O–H groups in total. The van der Waals surface area contributed by atoms with Crippen LogP contribution in [-0.4, -0.2) is 6.04 Å². The molecule has 108 valence electrons. The molecule has 2 aromatic heterocycles. The highest BCUT2D eigenvalue weighted by atomic mass is 16.4. The molecule has 0 bridgehead atoms. The molecule has 0 aliphatic heterocycles. The smallest absolute Gasteiger partial charge is 0.347 e. The van der Waals surface area contributed by atoms with Gasteiger partial charge in [-0.2, -0.15) is 0 Å². The average molecular weight is 283 g/mol. The molecule has 4 heteroatoms. The summed E-state index contributed by atoms with van der Waals surface area (Å²) in [5, 5.41) is 4.76. The lowest BCUT2D eigenvalue weighted by molar-refractivity contribution is 0.453. The largest absolute Gasteiger partial charge is 0.440 e. The molecule has 0 spiro atoms. The summed E-state index contributed by atoms with van der Waals surface area (Å²) in [6.45, 7) is 0. The van der Waals surface area contributed by atoms with Crippen molar-refractivity contribution >= 4 is 27.8 Å². The van der Waals surface area contributed by atoms with Gasteiger partial charge in [0.1, 0.15) is 11.0 Å². The maximum atomic E-state index is 12.0. The maximum absolute atomic E-state index is 12.0. The molecule has 21 heavy (non-hydrogen) atoms. The predicted molar refractivity (Wildman–Crippen MR) is 82.8 cm³/mol. The molecule has 4 rings (SSSR count). The number of anilines is 1. The molecule has 4 nitrogen and oxygen atoms in total. The van der Waals surface area contributed by atoms with E-state index in [-0.39, 0.29) is 5.63 Å². The van der Waals surface area contributed by atoms with Crippen LogP contribution in [0.2, 0.25) is 0 Å². The summed E-state index contributed by atoms with van der Waals surface area (Å²) in [4.78, 5) is 12.0. The van der Waals surface area contributed by atoms with Crippen molar-refractivity contribution in [2.45, 2.75) is 38.1 Å². The van der Waals surface area contributed by atoms with Crippen molar-refractivity contribution in [1.82, 2.24) is 0 Å². The van der Waals surface area contributed by atoms with E-state index < -0.39 is 0 Å². The molecule has 1 aliphatic carbocycles. The normalized spacial score (nSPS) is 16.6. The monoisotopic (exact) mass is 283 g/mol. The van der Waals surface area contributed by atoms with Gasteiger partial charge >= 0.3 is 5.63 Å². The fraction of sp³-hybridized carbons (Fsp3) is 0.353. The van der Waals surface area contributed by atoms with Crippen LogP contribution in [0.25, 0.3) is 21.9 Å². The molecule has 2 heterocycles. The summed E-state index contributed by atoms with van der Waals surface area (Å²) in [5.41, 5.74) is 0.831. The van der Waals surface area contributed by atoms with Gasteiger partial charge in [-0.15, -0.1) is 0 Å². The number of furan rings is 1. The lowest BCUT2D eigenvalue weighted by atomic mass is 9.96. The van der Waals surface area contributed by atoms with E-state index in [0.29, 0.717) is 28.5 Å². The SMILES string of the molecule is O=c1oc2ccccc2c2oc(NC3CCCCC3)cc12. The Labute approximate surface area is 121 Å². The van der Waals surface area contributed by atoms with E-state index in [9.17, 15) is 4.79 Å². The van der Waals surface area contributed by atoms with E-state index in [0.717, 1.165) is 18.2 Å². The van der Waals surface area contributed by atoms with Gasteiger partial charge in [0.15, 0.2) is 11.5 Å². The molecule has 1 saturated carbocycles. The van der Waals surface area contributed by atoms with Crippen molar-refractivity contribution in [1.29, 1.82) is 0 Å². The van der Waals surface area contributed by atoms with Gasteiger partial charge in [-0.25, -0.2) is 4.79 Å². The van der Waals surface area contributed by atoms with Gasteiger partial charge in [0.2, 0.25) is 0 Å². The minimum absolute atomic E-state index is 0.343. The summed E-state index contributed by atoms with van der Waals surface area (Å²) in [5.74, 6) is 0.667. The second-order valence-electron chi connectivity index (χ2n) is 5.72. The first-order valence-corrected chi connectivity index (χ1v) is 7.53. The van der Waals surface area contributed by atoms with Crippen molar-refractivity contribution < 1.29 is 8.83 Å². The van der Waals surface area contributed by atoms with Gasteiger partial charge in [0.25, 0.3) is 0 Å². The lowest BCUT2D eigenvalue weighted by Gasteiger charge is -2.22. The maximum Gasteiger partial charge on any atom is 0.347 e. The van der Waals surface area contributed by atoms with Crippen LogP contribution in [0.3, 0.4) is 0 Å². The molecular formula is C17H17NO3. The fourth-order valence-electron chi connectivity index (χ4n) is 3.16. The third-order valence-electron chi connectivity index (χ3n) is 4.24. The van der Waals surface area contributed by atoms with Gasteiger partial charge in [-0.3, -0.25) is 0 Å². The molecule has 0 atom stereocenters. The first-order chi connectivity index (χ1) is 10.3. The Balaban J connectivity index is 1.79. The van der Waals surface area contributed by atoms with Crippen molar-refractivity contribution in [3.05, 3.63) is 40.8 Å². The summed E-state index contributed by atoms with van der Waals surface area (Å²) in [6.07, 6.45) is 6.14. The van der Waals surface area contributed by atoms with Crippen molar-refractivity contribution in [2.24, 2.45) is 0 Å². The van der Waals surface area contributed by atoms with E-state index in [1.165, 1.54) is 19.3 Å². The molecule has 0 amide bonds. The van der Waals surface area contributed by atoms with Crippen LogP contribution in [0.4, 0.5) is 5.88 Å². The first-order valence-electron chi connectivity index (χ1n) is 7.53. The van der Waals surface area contributed by atoms with Crippen molar-refractivity contribution in [2.75, 3.05) is 5.32 Å². The Morgan fingerprint density at radius 2 is 1.81 bits per heavy atom. The van der Waals surface area contributed by atoms with Gasteiger partial charge in [0.05, 0.1) is 5.39 Å². The number of hydrogen-bond donors (Lipinski definition) is 1. The van der Waals surface area contributed by atoms with E-state index in [2.05, 4.69) is 5.32 Å². The second kappa shape index (κ2) is 4.95. The Morgan fingerprint density at radius 1 is 1.00 bits per heavy atom. The number of fused-ring (bicyclic) bond motifs is 3. The van der Waals surface area contributed by atoms with E-state index >= 15 is 0 Å². The number of hydrogen-bond acceptors (Lipinski definition) is 4. The van der Waals surface area contributed by atoms with Crippen LogP contribution < -0.4 is 10.9 Å². The number of para-hydroxylation sites is 1. The minimum Gasteiger partial charge on any atom is -0.440 e. The summed E-state index contributed by atoms with van der Waals surface area (Å²) >= 11 is 0. The van der Waals surface area contributed by atoms with Gasteiger partial charge in [-0.1, -0.05) is 31.4 Å². The highest BCUT2D eigenvalue weighted by molar-refractivity contribution is 6.01. The molecule has 1 aromatic carbocycles. The van der Waals surface area contributed by atoms with E-state index in [1.807, 2.05) is 18.2 Å². The zero-order valence-corrected chi connectivity index (χ0v) is 11.7. The molecule has 1 aliphatic rings. The van der Waals surface area contributed by atoms with Crippen molar-refractivity contribution in [3.63, 3.8) is 0 Å². The highest BCUT2D eigenvalue weighted by Crippen LogP contribution is 2.29. The van der Waals surface area contributed by atoms with Gasteiger partial charge < -0.3 is 14.2 Å².